The lowest BCUT2D eigenvalue weighted by atomic mass is 9.59. The van der Waals surface area contributed by atoms with Crippen LogP contribution in [0.5, 0.6) is 0 Å². The fourth-order valence-corrected chi connectivity index (χ4v) is 14.5. The van der Waals surface area contributed by atoms with Crippen LogP contribution in [0.2, 0.25) is 0 Å². The molecule has 1 heterocycles. The molecule has 1 aliphatic heterocycles. The summed E-state index contributed by atoms with van der Waals surface area (Å²) < 4.78 is 0. The number of fused-ring (bicyclic) bond motifs is 6. The Balaban J connectivity index is 0.846. The standard InChI is InChI=1S/C59H64N2/c1-3-17-42(18-4-1)59(43-19-5-2-6-20-43)53-27-13-9-23-48(53)49-36-33-41(39-54(49)59)45-37-38-56(50-24-8-7-22-47(45)50)60-55-28-14-10-21-46(55)40-31-34-44(35-32-40)61-57-29-15-11-25-51(57)52-26-12-16-30-58(52)61/h1,3-4,7-8,10,15-19,21-22,24,29-31,33-34,36-39,45-48,51,53,55,57,60H,2,5-6,9,11-14,20,23,25-28,32,35H2. The zero-order valence-corrected chi connectivity index (χ0v) is 36.2. The van der Waals surface area contributed by atoms with Crippen LogP contribution in [0.3, 0.4) is 0 Å². The van der Waals surface area contributed by atoms with Gasteiger partial charge in [0.05, 0.1) is 6.04 Å². The predicted octanol–water partition coefficient (Wildman–Crippen LogP) is 14.2. The molecular formula is C59H64N2. The highest BCUT2D eigenvalue weighted by atomic mass is 15.2. The summed E-state index contributed by atoms with van der Waals surface area (Å²) in [4.78, 5) is 2.73. The summed E-state index contributed by atoms with van der Waals surface area (Å²) in [5.41, 5.74) is 17.2. The first-order valence-electron chi connectivity index (χ1n) is 24.6. The number of rotatable bonds is 7. The van der Waals surface area contributed by atoms with Gasteiger partial charge in [0.2, 0.25) is 0 Å². The highest BCUT2D eigenvalue weighted by Crippen LogP contribution is 2.64. The van der Waals surface area contributed by atoms with Crippen LogP contribution < -0.4 is 5.32 Å². The summed E-state index contributed by atoms with van der Waals surface area (Å²) in [7, 11) is 0. The molecule has 2 aromatic carbocycles. The molecule has 0 amide bonds. The van der Waals surface area contributed by atoms with E-state index in [1.54, 1.807) is 27.8 Å². The van der Waals surface area contributed by atoms with Crippen molar-refractivity contribution in [2.24, 2.45) is 23.7 Å². The number of hydrogen-bond donors (Lipinski definition) is 1. The van der Waals surface area contributed by atoms with Gasteiger partial charge >= 0.3 is 0 Å². The minimum atomic E-state index is -0.00554. The minimum absolute atomic E-state index is 0.00554. The average Bonchev–Trinajstić information content (AvgIpc) is 3.83. The topological polar surface area (TPSA) is 15.3 Å². The summed E-state index contributed by atoms with van der Waals surface area (Å²) in [6.07, 6.45) is 57.0. The summed E-state index contributed by atoms with van der Waals surface area (Å²) in [5, 5.41) is 4.22. The number of nitrogens with one attached hydrogen (secondary N) is 1. The van der Waals surface area contributed by atoms with Gasteiger partial charge in [-0.1, -0.05) is 145 Å². The van der Waals surface area contributed by atoms with E-state index in [4.69, 9.17) is 0 Å². The molecule has 0 saturated heterocycles. The lowest BCUT2D eigenvalue weighted by Gasteiger charge is -2.44. The van der Waals surface area contributed by atoms with E-state index in [0.29, 0.717) is 47.6 Å². The molecule has 9 atom stereocenters. The van der Waals surface area contributed by atoms with Gasteiger partial charge in [-0.25, -0.2) is 0 Å². The number of benzene rings is 2. The van der Waals surface area contributed by atoms with E-state index >= 15 is 0 Å². The Kier molecular flexibility index (Phi) is 9.83. The molecule has 9 unspecified atom stereocenters. The second-order valence-corrected chi connectivity index (χ2v) is 20.0. The van der Waals surface area contributed by atoms with Gasteiger partial charge in [-0.2, -0.15) is 0 Å². The van der Waals surface area contributed by atoms with Gasteiger partial charge in [0, 0.05) is 52.2 Å². The van der Waals surface area contributed by atoms with Crippen molar-refractivity contribution in [1.29, 1.82) is 0 Å². The lowest BCUT2D eigenvalue weighted by molar-refractivity contribution is 0.253. The first-order valence-corrected chi connectivity index (χ1v) is 24.6. The lowest BCUT2D eigenvalue weighted by Crippen LogP contribution is -2.39. The van der Waals surface area contributed by atoms with Crippen molar-refractivity contribution in [3.05, 3.63) is 201 Å². The molecule has 2 nitrogen and oxygen atoms in total. The smallest absolute Gasteiger partial charge is 0.0585 e. The third-order valence-electron chi connectivity index (χ3n) is 17.1. The molecular weight excluding hydrogens is 737 g/mol. The maximum atomic E-state index is 4.22. The van der Waals surface area contributed by atoms with Crippen LogP contribution in [-0.2, 0) is 5.41 Å². The second-order valence-electron chi connectivity index (χ2n) is 20.0. The fraction of sp³-hybridized carbons (Fsp3) is 0.424. The van der Waals surface area contributed by atoms with E-state index in [1.807, 2.05) is 0 Å². The van der Waals surface area contributed by atoms with Crippen LogP contribution in [0, 0.1) is 23.7 Å². The summed E-state index contributed by atoms with van der Waals surface area (Å²) in [6, 6.07) is 20.5. The third-order valence-corrected chi connectivity index (χ3v) is 17.1. The van der Waals surface area contributed by atoms with Crippen LogP contribution in [0.25, 0.3) is 0 Å². The van der Waals surface area contributed by atoms with E-state index in [9.17, 15) is 0 Å². The van der Waals surface area contributed by atoms with Crippen LogP contribution in [-0.4, -0.2) is 17.0 Å². The molecule has 12 rings (SSSR count). The quantitative estimate of drug-likeness (QED) is 0.281. The van der Waals surface area contributed by atoms with Crippen molar-refractivity contribution in [2.45, 2.75) is 132 Å². The predicted molar refractivity (Wildman–Crippen MR) is 253 cm³/mol. The van der Waals surface area contributed by atoms with E-state index in [1.165, 1.54) is 117 Å². The van der Waals surface area contributed by atoms with Crippen LogP contribution in [0.15, 0.2) is 179 Å². The number of hydrogen-bond acceptors (Lipinski definition) is 2. The second kappa shape index (κ2) is 15.8. The Morgan fingerprint density at radius 1 is 0.639 bits per heavy atom. The van der Waals surface area contributed by atoms with Gasteiger partial charge in [0.1, 0.15) is 0 Å². The summed E-state index contributed by atoms with van der Waals surface area (Å²) in [6.45, 7) is 0. The Bertz CT molecular complexity index is 2420. The van der Waals surface area contributed by atoms with Gasteiger partial charge in [0.15, 0.2) is 0 Å². The van der Waals surface area contributed by atoms with Gasteiger partial charge in [-0.15, -0.1) is 0 Å². The third kappa shape index (κ3) is 6.24. The molecule has 1 fully saturated rings. The Morgan fingerprint density at radius 3 is 2.46 bits per heavy atom. The SMILES string of the molecule is C1=CC2=C(NC3CCC=CC3C3=CC=C(N4C5=C(CCC=C5)C5CCC=CC54)CC3)C=CC(c3ccc4c(c3)C(C3=CCCCC3)(c3ccccc3)C3CCCCC43)C2C=C1. The van der Waals surface area contributed by atoms with E-state index < -0.39 is 0 Å². The Hall–Kier alpha value is -4.82. The van der Waals surface area contributed by atoms with Gasteiger partial charge in [-0.3, -0.25) is 0 Å². The maximum absolute atomic E-state index is 4.22. The molecule has 61 heavy (non-hydrogen) atoms. The summed E-state index contributed by atoms with van der Waals surface area (Å²) >= 11 is 0. The normalized spacial score (nSPS) is 34.6. The van der Waals surface area contributed by atoms with E-state index in [2.05, 4.69) is 150 Å². The van der Waals surface area contributed by atoms with E-state index in [-0.39, 0.29) is 5.41 Å². The molecule has 0 bridgehead atoms. The Morgan fingerprint density at radius 2 is 1.56 bits per heavy atom. The number of allylic oxidation sites excluding steroid dienone is 16. The molecule has 10 aliphatic rings. The molecule has 310 valence electrons. The molecule has 9 aliphatic carbocycles. The first kappa shape index (κ1) is 37.9. The minimum Gasteiger partial charge on any atom is -0.381 e. The largest absolute Gasteiger partial charge is 0.381 e. The van der Waals surface area contributed by atoms with Gasteiger partial charge < -0.3 is 10.2 Å². The van der Waals surface area contributed by atoms with Crippen molar-refractivity contribution in [3.8, 4) is 0 Å². The highest BCUT2D eigenvalue weighted by Gasteiger charge is 2.55. The van der Waals surface area contributed by atoms with Crippen molar-refractivity contribution in [3.63, 3.8) is 0 Å². The van der Waals surface area contributed by atoms with Crippen LogP contribution in [0.4, 0.5) is 0 Å². The molecule has 1 N–H and O–H groups in total. The molecule has 0 spiro atoms. The molecule has 1 saturated carbocycles. The van der Waals surface area contributed by atoms with Gasteiger partial charge in [-0.05, 0) is 153 Å². The average molecular weight is 801 g/mol. The molecule has 0 aromatic heterocycles. The monoisotopic (exact) mass is 801 g/mol. The molecule has 2 heteroatoms. The molecule has 2 aromatic rings. The Labute approximate surface area is 365 Å². The zero-order valence-electron chi connectivity index (χ0n) is 36.2. The van der Waals surface area contributed by atoms with Crippen molar-refractivity contribution >= 4 is 0 Å². The van der Waals surface area contributed by atoms with Crippen molar-refractivity contribution in [2.75, 3.05) is 0 Å². The fourth-order valence-electron chi connectivity index (χ4n) is 14.5. The summed E-state index contributed by atoms with van der Waals surface area (Å²) in [5.74, 6) is 3.06. The zero-order chi connectivity index (χ0) is 40.3. The van der Waals surface area contributed by atoms with E-state index in [0.717, 1.165) is 19.3 Å². The number of nitrogens with zero attached hydrogens (tertiary/aromatic N) is 1. The molecule has 0 radical (unpaired) electrons. The highest BCUT2D eigenvalue weighted by molar-refractivity contribution is 5.61. The maximum Gasteiger partial charge on any atom is 0.0585 e. The van der Waals surface area contributed by atoms with Crippen LogP contribution >= 0.6 is 0 Å². The van der Waals surface area contributed by atoms with Gasteiger partial charge in [0.25, 0.3) is 0 Å². The first-order chi connectivity index (χ1) is 30.3. The van der Waals surface area contributed by atoms with Crippen molar-refractivity contribution < 1.29 is 0 Å². The van der Waals surface area contributed by atoms with Crippen molar-refractivity contribution in [1.82, 2.24) is 10.2 Å². The van der Waals surface area contributed by atoms with Crippen LogP contribution in [0.1, 0.15) is 137 Å².